The first kappa shape index (κ1) is 21.3. The van der Waals surface area contributed by atoms with Crippen molar-refractivity contribution in [3.05, 3.63) is 62.0 Å². The average molecular weight is 569 g/mol. The lowest BCUT2D eigenvalue weighted by molar-refractivity contribution is -0.174. The number of nitrogens with one attached hydrogen (secondary N) is 2. The molecule has 6 nitrogen and oxygen atoms in total. The van der Waals surface area contributed by atoms with Crippen LogP contribution in [0.4, 0.5) is 24.7 Å². The van der Waals surface area contributed by atoms with Crippen LogP contribution >= 0.6 is 43.5 Å². The normalized spacial score (nSPS) is 18.6. The predicted octanol–water partition coefficient (Wildman–Crippen LogP) is 6.57. The highest BCUT2D eigenvalue weighted by Gasteiger charge is 2.48. The number of amides is 1. The van der Waals surface area contributed by atoms with Gasteiger partial charge >= 0.3 is 6.18 Å². The third-order valence-corrected chi connectivity index (χ3v) is 5.98. The molecule has 0 aliphatic carbocycles. The Labute approximate surface area is 190 Å². The van der Waals surface area contributed by atoms with Gasteiger partial charge in [-0.15, -0.1) is 0 Å². The van der Waals surface area contributed by atoms with E-state index in [2.05, 4.69) is 47.6 Å². The van der Waals surface area contributed by atoms with Gasteiger partial charge < -0.3 is 15.1 Å². The topological polar surface area (TPSA) is 72.1 Å². The third-order valence-electron chi connectivity index (χ3n) is 4.55. The molecule has 0 bridgehead atoms. The van der Waals surface area contributed by atoms with E-state index in [-0.39, 0.29) is 22.4 Å². The van der Waals surface area contributed by atoms with Gasteiger partial charge in [-0.25, -0.2) is 4.68 Å². The number of alkyl halides is 3. The number of rotatable bonds is 3. The summed E-state index contributed by atoms with van der Waals surface area (Å²) in [6.07, 6.45) is -4.92. The largest absolute Gasteiger partial charge is 0.452 e. The fourth-order valence-corrected chi connectivity index (χ4v) is 4.16. The van der Waals surface area contributed by atoms with Crippen molar-refractivity contribution < 1.29 is 22.4 Å². The van der Waals surface area contributed by atoms with Crippen LogP contribution < -0.4 is 10.6 Å². The zero-order chi connectivity index (χ0) is 21.6. The minimum Gasteiger partial charge on any atom is -0.452 e. The molecule has 1 aromatic carbocycles. The molecule has 0 fully saturated rings. The van der Waals surface area contributed by atoms with Gasteiger partial charge in [0.15, 0.2) is 16.4 Å². The molecule has 12 heteroatoms. The van der Waals surface area contributed by atoms with Crippen LogP contribution in [0.5, 0.6) is 0 Å². The first-order valence-electron chi connectivity index (χ1n) is 8.57. The maximum atomic E-state index is 13.8. The molecule has 1 aliphatic rings. The van der Waals surface area contributed by atoms with Crippen LogP contribution in [0.1, 0.15) is 34.8 Å². The summed E-state index contributed by atoms with van der Waals surface area (Å²) in [4.78, 5) is 12.7. The fraction of sp³-hybridized carbons (Fsp3) is 0.222. The smallest absolute Gasteiger partial charge is 0.410 e. The number of benzene rings is 1. The van der Waals surface area contributed by atoms with Gasteiger partial charge in [-0.3, -0.25) is 4.79 Å². The first-order chi connectivity index (χ1) is 14.1. The number of carbonyl (C=O) groups is 1. The monoisotopic (exact) mass is 566 g/mol. The molecule has 30 heavy (non-hydrogen) atoms. The summed E-state index contributed by atoms with van der Waals surface area (Å²) in [7, 11) is 0. The van der Waals surface area contributed by atoms with Gasteiger partial charge in [-0.1, -0.05) is 11.6 Å². The van der Waals surface area contributed by atoms with E-state index in [9.17, 15) is 18.0 Å². The van der Waals surface area contributed by atoms with Crippen molar-refractivity contribution in [2.75, 3.05) is 10.6 Å². The third kappa shape index (κ3) is 4.10. The molecule has 0 saturated carbocycles. The molecule has 0 radical (unpaired) electrons. The molecule has 2 atom stereocenters. The number of halogens is 6. The second-order valence-corrected chi connectivity index (χ2v) is 8.56. The van der Waals surface area contributed by atoms with Gasteiger partial charge in [0.05, 0.1) is 10.5 Å². The number of fused-ring (bicyclic) bond motifs is 1. The Kier molecular flexibility index (Phi) is 5.62. The number of nitrogens with zero attached hydrogens (tertiary/aromatic N) is 2. The summed E-state index contributed by atoms with van der Waals surface area (Å²) in [5.74, 6) is -0.281. The minimum absolute atomic E-state index is 0.0438. The van der Waals surface area contributed by atoms with E-state index in [1.807, 2.05) is 0 Å². The SMILES string of the molecule is O=C(Nc1ccc(Cl)cc1)c1nn2c(c1Br)N[C@H](c1ccc(Br)o1)C[C@H]2C(F)(F)F. The number of furan rings is 1. The highest BCUT2D eigenvalue weighted by atomic mass is 79.9. The van der Waals surface area contributed by atoms with Gasteiger partial charge in [0.1, 0.15) is 11.6 Å². The minimum atomic E-state index is -4.58. The van der Waals surface area contributed by atoms with Crippen LogP contribution in [-0.4, -0.2) is 21.9 Å². The van der Waals surface area contributed by atoms with Crippen LogP contribution in [-0.2, 0) is 0 Å². The quantitative estimate of drug-likeness (QED) is 0.375. The lowest BCUT2D eigenvalue weighted by Gasteiger charge is -2.32. The molecule has 2 aromatic heterocycles. The van der Waals surface area contributed by atoms with Crippen molar-refractivity contribution in [1.82, 2.24) is 9.78 Å². The summed E-state index contributed by atoms with van der Waals surface area (Å²) in [6.45, 7) is 0. The number of hydrogen-bond donors (Lipinski definition) is 2. The molecule has 2 N–H and O–H groups in total. The molecule has 0 spiro atoms. The van der Waals surface area contributed by atoms with Gasteiger partial charge in [0.25, 0.3) is 5.91 Å². The number of aromatic nitrogens is 2. The zero-order valence-electron chi connectivity index (χ0n) is 14.8. The van der Waals surface area contributed by atoms with E-state index in [1.54, 1.807) is 36.4 Å². The van der Waals surface area contributed by atoms with E-state index in [0.29, 0.717) is 21.1 Å². The number of hydrogen-bond acceptors (Lipinski definition) is 4. The van der Waals surface area contributed by atoms with Crippen molar-refractivity contribution in [3.63, 3.8) is 0 Å². The maximum absolute atomic E-state index is 13.8. The second-order valence-electron chi connectivity index (χ2n) is 6.55. The maximum Gasteiger partial charge on any atom is 0.410 e. The van der Waals surface area contributed by atoms with Gasteiger partial charge in [-0.2, -0.15) is 18.3 Å². The van der Waals surface area contributed by atoms with Gasteiger partial charge in [0.2, 0.25) is 0 Å². The van der Waals surface area contributed by atoms with Crippen molar-refractivity contribution in [1.29, 1.82) is 0 Å². The van der Waals surface area contributed by atoms with Crippen molar-refractivity contribution >= 4 is 60.9 Å². The lowest BCUT2D eigenvalue weighted by atomic mass is 10.0. The van der Waals surface area contributed by atoms with E-state index in [4.69, 9.17) is 16.0 Å². The number of anilines is 2. The Hall–Kier alpha value is -1.98. The zero-order valence-corrected chi connectivity index (χ0v) is 18.7. The van der Waals surface area contributed by atoms with Crippen LogP contribution in [0.3, 0.4) is 0 Å². The fourth-order valence-electron chi connectivity index (χ4n) is 3.16. The van der Waals surface area contributed by atoms with Crippen molar-refractivity contribution in [2.24, 2.45) is 0 Å². The lowest BCUT2D eigenvalue weighted by Crippen LogP contribution is -2.35. The molecular formula is C18H12Br2ClF3N4O2. The Balaban J connectivity index is 1.69. The van der Waals surface area contributed by atoms with Crippen LogP contribution in [0.2, 0.25) is 5.02 Å². The summed E-state index contributed by atoms with van der Waals surface area (Å²) < 4.78 is 48.1. The second kappa shape index (κ2) is 7.93. The van der Waals surface area contributed by atoms with E-state index >= 15 is 0 Å². The highest BCUT2D eigenvalue weighted by molar-refractivity contribution is 9.10. The number of carbonyl (C=O) groups excluding carboxylic acids is 1. The molecule has 4 rings (SSSR count). The highest BCUT2D eigenvalue weighted by Crippen LogP contribution is 2.46. The van der Waals surface area contributed by atoms with Crippen molar-refractivity contribution in [2.45, 2.75) is 24.7 Å². The van der Waals surface area contributed by atoms with Crippen molar-refractivity contribution in [3.8, 4) is 0 Å². The average Bonchev–Trinajstić information content (AvgIpc) is 3.26. The van der Waals surface area contributed by atoms with Gasteiger partial charge in [0, 0.05) is 17.1 Å². The van der Waals surface area contributed by atoms with Crippen LogP contribution in [0, 0.1) is 0 Å². The van der Waals surface area contributed by atoms with Gasteiger partial charge in [-0.05, 0) is 68.3 Å². The summed E-state index contributed by atoms with van der Waals surface area (Å²) >= 11 is 12.2. The van der Waals surface area contributed by atoms with E-state index in [1.165, 1.54) is 0 Å². The Morgan fingerprint density at radius 1 is 1.23 bits per heavy atom. The molecule has 3 heterocycles. The molecule has 1 amide bonds. The molecule has 158 valence electrons. The first-order valence-corrected chi connectivity index (χ1v) is 10.5. The molecule has 0 saturated heterocycles. The van der Waals surface area contributed by atoms with Crippen LogP contribution in [0.25, 0.3) is 0 Å². The molecular weight excluding hydrogens is 556 g/mol. The van der Waals surface area contributed by atoms with Crippen LogP contribution in [0.15, 0.2) is 50.0 Å². The summed E-state index contributed by atoms with van der Waals surface area (Å²) in [6, 6.07) is 6.81. The molecule has 3 aromatic rings. The Bertz CT molecular complexity index is 1100. The Morgan fingerprint density at radius 3 is 2.53 bits per heavy atom. The Morgan fingerprint density at radius 2 is 1.93 bits per heavy atom. The molecule has 0 unspecified atom stereocenters. The standard InChI is InChI=1S/C18H12Br2ClF3N4O2/c19-13-6-5-11(30-13)10-7-12(18(22,23)24)28-16(26-10)14(20)15(27-28)17(29)25-9-3-1-8(21)2-4-9/h1-6,10,12,26H,7H2,(H,25,29)/t10-,12-/m0/s1. The predicted molar refractivity (Wildman–Crippen MR) is 112 cm³/mol. The summed E-state index contributed by atoms with van der Waals surface area (Å²) in [5, 5.41) is 10.0. The molecule has 1 aliphatic heterocycles. The summed E-state index contributed by atoms with van der Waals surface area (Å²) in [5.41, 5.74) is 0.254. The van der Waals surface area contributed by atoms with E-state index < -0.39 is 24.2 Å². The van der Waals surface area contributed by atoms with E-state index in [0.717, 1.165) is 4.68 Å².